The molecule has 0 amide bonds. The van der Waals surface area contributed by atoms with Gasteiger partial charge in [0.1, 0.15) is 5.82 Å². The van der Waals surface area contributed by atoms with Gasteiger partial charge in [-0.25, -0.2) is 4.98 Å². The highest BCUT2D eigenvalue weighted by atomic mass is 15.1. The molecular weight excluding hydrogens is 522 g/mol. The summed E-state index contributed by atoms with van der Waals surface area (Å²) in [5.41, 5.74) is 7.88. The maximum Gasteiger partial charge on any atom is 0.137 e. The zero-order valence-corrected chi connectivity index (χ0v) is 24.8. The second kappa shape index (κ2) is 9.57. The van der Waals surface area contributed by atoms with Gasteiger partial charge in [0.25, 0.3) is 0 Å². The van der Waals surface area contributed by atoms with E-state index in [0.29, 0.717) is 5.41 Å². The minimum atomic E-state index is 0.349. The topological polar surface area (TPSA) is 22.8 Å². The van der Waals surface area contributed by atoms with E-state index in [9.17, 15) is 0 Å². The van der Waals surface area contributed by atoms with Crippen LogP contribution in [0.1, 0.15) is 57.4 Å². The number of para-hydroxylation sites is 3. The Balaban J connectivity index is 1.18. The van der Waals surface area contributed by atoms with Crippen LogP contribution in [0.15, 0.2) is 109 Å². The van der Waals surface area contributed by atoms with E-state index in [0.717, 1.165) is 23.3 Å². The molecular formula is C40H37N3. The minimum Gasteiger partial charge on any atom is -0.308 e. The molecule has 3 heteroatoms. The third kappa shape index (κ3) is 3.77. The fraction of sp³-hybridized carbons (Fsp3) is 0.275. The van der Waals surface area contributed by atoms with Crippen LogP contribution in [0.25, 0.3) is 55.1 Å². The van der Waals surface area contributed by atoms with Gasteiger partial charge < -0.3 is 4.57 Å². The zero-order valence-electron chi connectivity index (χ0n) is 24.8. The lowest BCUT2D eigenvalue weighted by Gasteiger charge is -2.49. The largest absolute Gasteiger partial charge is 0.308 e. The Bertz CT molecular complexity index is 2090. The van der Waals surface area contributed by atoms with E-state index >= 15 is 0 Å². The lowest BCUT2D eigenvalue weighted by molar-refractivity contribution is 0.101. The van der Waals surface area contributed by atoms with Gasteiger partial charge in [-0.1, -0.05) is 86.8 Å². The molecule has 0 aliphatic heterocycles. The summed E-state index contributed by atoms with van der Waals surface area (Å²) in [6.45, 7) is 2.40. The van der Waals surface area contributed by atoms with Crippen LogP contribution in [0.4, 0.5) is 0 Å². The van der Waals surface area contributed by atoms with Crippen molar-refractivity contribution in [3.63, 3.8) is 0 Å². The zero-order chi connectivity index (χ0) is 28.5. The molecule has 43 heavy (non-hydrogen) atoms. The van der Waals surface area contributed by atoms with E-state index in [1.54, 1.807) is 5.56 Å². The molecule has 2 saturated carbocycles. The van der Waals surface area contributed by atoms with E-state index in [1.165, 1.54) is 88.6 Å². The smallest absolute Gasteiger partial charge is 0.137 e. The van der Waals surface area contributed by atoms with Gasteiger partial charge in [-0.15, -0.1) is 0 Å². The lowest BCUT2D eigenvalue weighted by Crippen LogP contribution is -2.40. The Morgan fingerprint density at radius 2 is 1.35 bits per heavy atom. The van der Waals surface area contributed by atoms with Crippen LogP contribution in [0.2, 0.25) is 0 Å². The van der Waals surface area contributed by atoms with Crippen LogP contribution in [-0.2, 0) is 5.41 Å². The second-order valence-corrected chi connectivity index (χ2v) is 13.3. The summed E-state index contributed by atoms with van der Waals surface area (Å²) in [5.74, 6) is 2.73. The van der Waals surface area contributed by atoms with Crippen LogP contribution < -0.4 is 0 Å². The summed E-state index contributed by atoms with van der Waals surface area (Å²) in [5, 5.41) is 5.22. The highest BCUT2D eigenvalue weighted by Gasteiger charge is 2.43. The Labute approximate surface area is 252 Å². The first-order chi connectivity index (χ1) is 21.2. The number of rotatable bonds is 4. The molecule has 4 aromatic carbocycles. The standard InChI is InChI=1S/C40H37N3/c1-2-27-22-28-10-9-21-40(24-27,25-28)29-17-19-38-34(23-29)33-13-5-8-16-37(33)43(38)39-20-18-30(26-41-39)42-35-14-6-3-11-31(35)32-12-4-7-15-36(32)42/h3-8,11-20,23,26-28H,2,9-10,21-22,24-25H2,1H3. The SMILES string of the molecule is CCC1CC2CCCC(c3ccc4c(c3)c3ccccc3n4-c3ccc(-n4c5ccccc5c5ccccc54)cn3)(C1)C2. The molecule has 9 rings (SSSR count). The number of nitrogens with zero attached hydrogens (tertiary/aromatic N) is 3. The van der Waals surface area contributed by atoms with Crippen molar-refractivity contribution in [2.45, 2.75) is 57.3 Å². The van der Waals surface area contributed by atoms with Crippen molar-refractivity contribution in [3.8, 4) is 11.5 Å². The summed E-state index contributed by atoms with van der Waals surface area (Å²) in [4.78, 5) is 5.12. The summed E-state index contributed by atoms with van der Waals surface area (Å²) < 4.78 is 4.70. The fourth-order valence-corrected chi connectivity index (χ4v) is 9.06. The third-order valence-corrected chi connectivity index (χ3v) is 11.0. The van der Waals surface area contributed by atoms with Gasteiger partial charge in [0.05, 0.1) is 34.0 Å². The van der Waals surface area contributed by atoms with Gasteiger partial charge in [0.15, 0.2) is 0 Å². The summed E-state index contributed by atoms with van der Waals surface area (Å²) in [6, 6.07) is 38.0. The van der Waals surface area contributed by atoms with Gasteiger partial charge in [0, 0.05) is 21.5 Å². The van der Waals surface area contributed by atoms with E-state index in [2.05, 4.69) is 119 Å². The maximum atomic E-state index is 5.12. The maximum absolute atomic E-state index is 5.12. The van der Waals surface area contributed by atoms with Crippen molar-refractivity contribution in [1.82, 2.24) is 14.1 Å². The first-order valence-corrected chi connectivity index (χ1v) is 16.2. The molecule has 7 aromatic rings. The predicted molar refractivity (Wildman–Crippen MR) is 180 cm³/mol. The monoisotopic (exact) mass is 559 g/mol. The van der Waals surface area contributed by atoms with E-state index in [1.807, 2.05) is 6.20 Å². The molecule has 2 aliphatic rings. The molecule has 0 radical (unpaired) electrons. The van der Waals surface area contributed by atoms with Crippen molar-refractivity contribution in [1.29, 1.82) is 0 Å². The van der Waals surface area contributed by atoms with E-state index in [4.69, 9.17) is 4.98 Å². The number of fused-ring (bicyclic) bond motifs is 8. The van der Waals surface area contributed by atoms with Crippen molar-refractivity contribution in [2.75, 3.05) is 0 Å². The van der Waals surface area contributed by atoms with Gasteiger partial charge in [-0.2, -0.15) is 0 Å². The highest BCUT2D eigenvalue weighted by Crippen LogP contribution is 2.53. The second-order valence-electron chi connectivity index (χ2n) is 13.3. The first-order valence-electron chi connectivity index (χ1n) is 16.2. The lowest BCUT2D eigenvalue weighted by atomic mass is 9.56. The minimum absolute atomic E-state index is 0.349. The van der Waals surface area contributed by atoms with Crippen LogP contribution in [0, 0.1) is 11.8 Å². The molecule has 3 unspecified atom stereocenters. The quantitative estimate of drug-likeness (QED) is 0.210. The van der Waals surface area contributed by atoms with Crippen LogP contribution in [-0.4, -0.2) is 14.1 Å². The van der Waals surface area contributed by atoms with Crippen molar-refractivity contribution in [2.24, 2.45) is 11.8 Å². The molecule has 0 spiro atoms. The summed E-state index contributed by atoms with van der Waals surface area (Å²) in [6.07, 6.45) is 11.7. The van der Waals surface area contributed by atoms with Crippen molar-refractivity contribution >= 4 is 43.6 Å². The normalized spacial score (nSPS) is 22.2. The van der Waals surface area contributed by atoms with Crippen LogP contribution in [0.5, 0.6) is 0 Å². The number of benzene rings is 4. The predicted octanol–water partition coefficient (Wildman–Crippen LogP) is 10.5. The highest BCUT2D eigenvalue weighted by molar-refractivity contribution is 6.10. The number of hydrogen-bond acceptors (Lipinski definition) is 1. The number of pyridine rings is 1. The summed E-state index contributed by atoms with van der Waals surface area (Å²) in [7, 11) is 0. The Morgan fingerprint density at radius 1 is 0.698 bits per heavy atom. The summed E-state index contributed by atoms with van der Waals surface area (Å²) >= 11 is 0. The molecule has 3 aromatic heterocycles. The van der Waals surface area contributed by atoms with Gasteiger partial charge in [0.2, 0.25) is 0 Å². The molecule has 3 nitrogen and oxygen atoms in total. The molecule has 2 bridgehead atoms. The van der Waals surface area contributed by atoms with Crippen molar-refractivity contribution < 1.29 is 0 Å². The van der Waals surface area contributed by atoms with E-state index in [-0.39, 0.29) is 0 Å². The van der Waals surface area contributed by atoms with E-state index < -0.39 is 0 Å². The Kier molecular flexibility index (Phi) is 5.60. The average Bonchev–Trinajstić information content (AvgIpc) is 3.57. The molecule has 0 saturated heterocycles. The fourth-order valence-electron chi connectivity index (χ4n) is 9.06. The van der Waals surface area contributed by atoms with Gasteiger partial charge >= 0.3 is 0 Å². The molecule has 2 fully saturated rings. The number of hydrogen-bond donors (Lipinski definition) is 0. The Morgan fingerprint density at radius 3 is 2.02 bits per heavy atom. The molecule has 2 aliphatic carbocycles. The average molecular weight is 560 g/mol. The van der Waals surface area contributed by atoms with Gasteiger partial charge in [-0.3, -0.25) is 4.57 Å². The third-order valence-electron chi connectivity index (χ3n) is 11.0. The molecule has 3 heterocycles. The molecule has 0 N–H and O–H groups in total. The van der Waals surface area contributed by atoms with Crippen LogP contribution in [0.3, 0.4) is 0 Å². The molecule has 3 atom stereocenters. The number of aromatic nitrogens is 3. The van der Waals surface area contributed by atoms with Gasteiger partial charge in [-0.05, 0) is 91.0 Å². The van der Waals surface area contributed by atoms with Crippen LogP contribution >= 0.6 is 0 Å². The Hall–Kier alpha value is -4.37. The molecule has 212 valence electrons. The first kappa shape index (κ1) is 25.2. The van der Waals surface area contributed by atoms with Crippen molar-refractivity contribution in [3.05, 3.63) is 115 Å².